The summed E-state index contributed by atoms with van der Waals surface area (Å²) < 4.78 is 4.70. The van der Waals surface area contributed by atoms with Crippen molar-refractivity contribution in [1.82, 2.24) is 4.90 Å². The first-order valence-electron chi connectivity index (χ1n) is 5.73. The fourth-order valence-corrected chi connectivity index (χ4v) is 3.05. The number of hydrogen-bond acceptors (Lipinski definition) is 4. The second kappa shape index (κ2) is 3.04. The van der Waals surface area contributed by atoms with Crippen LogP contribution in [-0.4, -0.2) is 35.5 Å². The number of fused-ring (bicyclic) bond motifs is 1. The quantitative estimate of drug-likeness (QED) is 0.492. The fraction of sp³-hybridized carbons (Fsp3) is 0.818. The van der Waals surface area contributed by atoms with E-state index in [0.29, 0.717) is 6.04 Å². The lowest BCUT2D eigenvalue weighted by atomic mass is 9.92. The number of nitrogens with zero attached hydrogens (tertiary/aromatic N) is 1. The maximum Gasteiger partial charge on any atom is 0.319 e. The van der Waals surface area contributed by atoms with Crippen LogP contribution < -0.4 is 0 Å². The van der Waals surface area contributed by atoms with E-state index in [1.54, 1.807) is 0 Å². The van der Waals surface area contributed by atoms with Gasteiger partial charge in [0.15, 0.2) is 0 Å². The third-order valence-corrected chi connectivity index (χ3v) is 3.89. The Kier molecular flexibility index (Phi) is 1.89. The predicted molar refractivity (Wildman–Crippen MR) is 51.9 cm³/mol. The van der Waals surface area contributed by atoms with Crippen LogP contribution in [0.1, 0.15) is 26.2 Å². The van der Waals surface area contributed by atoms with E-state index in [1.807, 2.05) is 0 Å². The molecule has 0 aromatic rings. The van der Waals surface area contributed by atoms with Gasteiger partial charge in [-0.3, -0.25) is 14.5 Å². The molecule has 0 amide bonds. The molecule has 1 saturated carbocycles. The molecule has 2 heterocycles. The highest BCUT2D eigenvalue weighted by Crippen LogP contribution is 2.43. The number of ether oxygens (including phenoxy) is 1. The molecule has 82 valence electrons. The summed E-state index contributed by atoms with van der Waals surface area (Å²) in [7, 11) is 0. The number of carbonyl (C=O) groups excluding carboxylic acids is 2. The van der Waals surface area contributed by atoms with E-state index in [2.05, 4.69) is 11.8 Å². The third kappa shape index (κ3) is 1.24. The van der Waals surface area contributed by atoms with Gasteiger partial charge < -0.3 is 4.74 Å². The highest BCUT2D eigenvalue weighted by atomic mass is 16.6. The molecule has 2 saturated heterocycles. The number of esters is 2. The van der Waals surface area contributed by atoms with Crippen LogP contribution in [0.5, 0.6) is 0 Å². The van der Waals surface area contributed by atoms with Crippen LogP contribution in [0.3, 0.4) is 0 Å². The number of carbonyl (C=O) groups is 2. The molecule has 0 bridgehead atoms. The van der Waals surface area contributed by atoms with Crippen molar-refractivity contribution in [1.29, 1.82) is 0 Å². The van der Waals surface area contributed by atoms with Crippen molar-refractivity contribution in [2.75, 3.05) is 6.54 Å². The van der Waals surface area contributed by atoms with E-state index in [-0.39, 0.29) is 29.8 Å². The van der Waals surface area contributed by atoms with Crippen LogP contribution >= 0.6 is 0 Å². The molecule has 3 unspecified atom stereocenters. The molecule has 3 fully saturated rings. The summed E-state index contributed by atoms with van der Waals surface area (Å²) in [6.07, 6.45) is 3.37. The molecule has 3 rings (SSSR count). The summed E-state index contributed by atoms with van der Waals surface area (Å²) in [5.74, 6) is -0.947. The van der Waals surface area contributed by atoms with Crippen LogP contribution in [0.4, 0.5) is 0 Å². The van der Waals surface area contributed by atoms with Gasteiger partial charge in [0, 0.05) is 18.6 Å². The maximum atomic E-state index is 11.6. The molecule has 2 aliphatic heterocycles. The van der Waals surface area contributed by atoms with Gasteiger partial charge in [0.05, 0.1) is 11.8 Å². The molecule has 0 radical (unpaired) electrons. The van der Waals surface area contributed by atoms with Gasteiger partial charge in [-0.05, 0) is 19.3 Å². The lowest BCUT2D eigenvalue weighted by Gasteiger charge is -2.25. The second-order valence-electron chi connectivity index (χ2n) is 4.78. The average Bonchev–Trinajstić information content (AvgIpc) is 2.91. The summed E-state index contributed by atoms with van der Waals surface area (Å²) in [6, 6.07) is 0.864. The van der Waals surface area contributed by atoms with E-state index < -0.39 is 0 Å². The SMILES string of the molecule is CCC1C2C(=O)OC(=O)C2CN1C1CC1. The summed E-state index contributed by atoms with van der Waals surface area (Å²) in [4.78, 5) is 25.4. The molecule has 0 aromatic carbocycles. The number of hydrogen-bond donors (Lipinski definition) is 0. The molecule has 0 spiro atoms. The first-order valence-corrected chi connectivity index (χ1v) is 5.73. The highest BCUT2D eigenvalue weighted by molar-refractivity contribution is 5.97. The minimum absolute atomic E-state index is 0.178. The zero-order valence-electron chi connectivity index (χ0n) is 8.81. The van der Waals surface area contributed by atoms with Crippen LogP contribution in [-0.2, 0) is 14.3 Å². The molecule has 0 N–H and O–H groups in total. The first kappa shape index (κ1) is 9.33. The molecule has 1 aliphatic carbocycles. The summed E-state index contributed by atoms with van der Waals surface area (Å²) in [6.45, 7) is 2.82. The fourth-order valence-electron chi connectivity index (χ4n) is 3.05. The zero-order chi connectivity index (χ0) is 10.6. The van der Waals surface area contributed by atoms with Gasteiger partial charge in [0.25, 0.3) is 0 Å². The zero-order valence-corrected chi connectivity index (χ0v) is 8.81. The molecule has 0 aromatic heterocycles. The molecule has 3 atom stereocenters. The average molecular weight is 209 g/mol. The van der Waals surface area contributed by atoms with E-state index >= 15 is 0 Å². The predicted octanol–water partition coefficient (Wildman–Crippen LogP) is 0.559. The van der Waals surface area contributed by atoms with E-state index in [1.165, 1.54) is 12.8 Å². The Bertz CT molecular complexity index is 324. The van der Waals surface area contributed by atoms with Crippen molar-refractivity contribution in [2.45, 2.75) is 38.3 Å². The normalized spacial score (nSPS) is 40.7. The molecular formula is C11H15NO3. The standard InChI is InChI=1S/C11H15NO3/c1-2-8-9-7(10(13)15-11(9)14)5-12(8)6-3-4-6/h6-9H,2-5H2,1H3. The molecule has 4 nitrogen and oxygen atoms in total. The first-order chi connectivity index (χ1) is 7.22. The summed E-state index contributed by atoms with van der Waals surface area (Å²) in [5, 5.41) is 0. The lowest BCUT2D eigenvalue weighted by Crippen LogP contribution is -2.36. The number of cyclic esters (lactones) is 2. The van der Waals surface area contributed by atoms with Crippen LogP contribution in [0.25, 0.3) is 0 Å². The highest BCUT2D eigenvalue weighted by Gasteiger charge is 2.57. The Morgan fingerprint density at radius 1 is 1.33 bits per heavy atom. The minimum atomic E-state index is -0.299. The number of likely N-dealkylation sites (tertiary alicyclic amines) is 1. The smallest absolute Gasteiger partial charge is 0.319 e. The Morgan fingerprint density at radius 3 is 2.67 bits per heavy atom. The van der Waals surface area contributed by atoms with Crippen LogP contribution in [0.15, 0.2) is 0 Å². The van der Waals surface area contributed by atoms with E-state index in [0.717, 1.165) is 13.0 Å². The Labute approximate surface area is 88.6 Å². The van der Waals surface area contributed by atoms with Gasteiger partial charge >= 0.3 is 11.9 Å². The van der Waals surface area contributed by atoms with Gasteiger partial charge in [0.1, 0.15) is 0 Å². The molecule has 3 aliphatic rings. The Morgan fingerprint density at radius 2 is 2.07 bits per heavy atom. The van der Waals surface area contributed by atoms with Gasteiger partial charge in [-0.15, -0.1) is 0 Å². The van der Waals surface area contributed by atoms with Crippen molar-refractivity contribution in [3.63, 3.8) is 0 Å². The number of rotatable bonds is 2. The topological polar surface area (TPSA) is 46.6 Å². The van der Waals surface area contributed by atoms with Crippen molar-refractivity contribution >= 4 is 11.9 Å². The maximum absolute atomic E-state index is 11.6. The monoisotopic (exact) mass is 209 g/mol. The molecule has 15 heavy (non-hydrogen) atoms. The largest absolute Gasteiger partial charge is 0.393 e. The van der Waals surface area contributed by atoms with Crippen molar-refractivity contribution in [3.8, 4) is 0 Å². The van der Waals surface area contributed by atoms with Crippen molar-refractivity contribution < 1.29 is 14.3 Å². The molecular weight excluding hydrogens is 194 g/mol. The van der Waals surface area contributed by atoms with Crippen molar-refractivity contribution in [3.05, 3.63) is 0 Å². The van der Waals surface area contributed by atoms with Crippen LogP contribution in [0.2, 0.25) is 0 Å². The van der Waals surface area contributed by atoms with Gasteiger partial charge in [-0.1, -0.05) is 6.92 Å². The second-order valence-corrected chi connectivity index (χ2v) is 4.78. The summed E-state index contributed by atoms with van der Waals surface area (Å²) >= 11 is 0. The van der Waals surface area contributed by atoms with Crippen LogP contribution in [0, 0.1) is 11.8 Å². The van der Waals surface area contributed by atoms with Gasteiger partial charge in [-0.2, -0.15) is 0 Å². The van der Waals surface area contributed by atoms with E-state index in [9.17, 15) is 9.59 Å². The lowest BCUT2D eigenvalue weighted by molar-refractivity contribution is -0.155. The van der Waals surface area contributed by atoms with Gasteiger partial charge in [-0.25, -0.2) is 0 Å². The van der Waals surface area contributed by atoms with Crippen molar-refractivity contribution in [2.24, 2.45) is 11.8 Å². The minimum Gasteiger partial charge on any atom is -0.393 e. The summed E-state index contributed by atoms with van der Waals surface area (Å²) in [5.41, 5.74) is 0. The Hall–Kier alpha value is -0.900. The Balaban J connectivity index is 1.88. The van der Waals surface area contributed by atoms with E-state index in [4.69, 9.17) is 4.74 Å². The van der Waals surface area contributed by atoms with Gasteiger partial charge in [0.2, 0.25) is 0 Å². The molecule has 4 heteroatoms. The third-order valence-electron chi connectivity index (χ3n) is 3.89.